The Balaban J connectivity index is 1.83. The molecule has 0 aromatic heterocycles. The van der Waals surface area contributed by atoms with Crippen LogP contribution in [0.5, 0.6) is 0 Å². The van der Waals surface area contributed by atoms with E-state index in [-0.39, 0.29) is 22.2 Å². The van der Waals surface area contributed by atoms with Gasteiger partial charge in [0.25, 0.3) is 11.6 Å². The van der Waals surface area contributed by atoms with Gasteiger partial charge in [-0.1, -0.05) is 29.3 Å². The van der Waals surface area contributed by atoms with Gasteiger partial charge in [-0.05, 0) is 18.2 Å². The van der Waals surface area contributed by atoms with Gasteiger partial charge in [-0.25, -0.2) is 0 Å². The van der Waals surface area contributed by atoms with Gasteiger partial charge in [-0.3, -0.25) is 19.7 Å². The van der Waals surface area contributed by atoms with E-state index >= 15 is 0 Å². The molecular weight excluding hydrogens is 419 g/mol. The molecule has 0 bridgehead atoms. The summed E-state index contributed by atoms with van der Waals surface area (Å²) in [6, 6.07) is 8.83. The molecule has 10 heteroatoms. The number of non-ortho nitro benzene ring substituents is 1. The highest BCUT2D eigenvalue weighted by Gasteiger charge is 2.24. The molecule has 1 aliphatic heterocycles. The summed E-state index contributed by atoms with van der Waals surface area (Å²) in [5.41, 5.74) is 1.07. The third-order valence-corrected chi connectivity index (χ3v) is 5.30. The van der Waals surface area contributed by atoms with Crippen molar-refractivity contribution in [3.05, 3.63) is 62.1 Å². The van der Waals surface area contributed by atoms with Crippen LogP contribution >= 0.6 is 23.2 Å². The molecular formula is C19H18Cl2N4O4. The van der Waals surface area contributed by atoms with Crippen LogP contribution in [0, 0.1) is 10.1 Å². The summed E-state index contributed by atoms with van der Waals surface area (Å²) in [6.07, 6.45) is 0. The first kappa shape index (κ1) is 20.9. The molecule has 8 nitrogen and oxygen atoms in total. The molecule has 29 heavy (non-hydrogen) atoms. The number of carbonyl (C=O) groups excluding carboxylic acids is 2. The molecule has 152 valence electrons. The third-order valence-electron chi connectivity index (χ3n) is 4.68. The minimum absolute atomic E-state index is 0.0182. The van der Waals surface area contributed by atoms with Crippen LogP contribution in [-0.4, -0.2) is 47.8 Å². The number of nitrogens with zero attached hydrogens (tertiary/aromatic N) is 3. The third kappa shape index (κ3) is 4.60. The quantitative estimate of drug-likeness (QED) is 0.580. The lowest BCUT2D eigenvalue weighted by molar-refractivity contribution is -0.384. The van der Waals surface area contributed by atoms with Gasteiger partial charge < -0.3 is 15.1 Å². The van der Waals surface area contributed by atoms with E-state index in [1.165, 1.54) is 19.1 Å². The van der Waals surface area contributed by atoms with E-state index in [0.717, 1.165) is 6.07 Å². The van der Waals surface area contributed by atoms with Crippen LogP contribution in [0.25, 0.3) is 0 Å². The summed E-state index contributed by atoms with van der Waals surface area (Å²) in [4.78, 5) is 38.3. The van der Waals surface area contributed by atoms with Crippen molar-refractivity contribution in [1.82, 2.24) is 4.90 Å². The van der Waals surface area contributed by atoms with Gasteiger partial charge in [0.15, 0.2) is 0 Å². The Kier molecular flexibility index (Phi) is 6.24. The second-order valence-electron chi connectivity index (χ2n) is 6.50. The van der Waals surface area contributed by atoms with Crippen molar-refractivity contribution in [2.24, 2.45) is 0 Å². The molecule has 3 rings (SSSR count). The van der Waals surface area contributed by atoms with Crippen LogP contribution in [0.3, 0.4) is 0 Å². The number of piperazine rings is 1. The number of hydrogen-bond acceptors (Lipinski definition) is 5. The van der Waals surface area contributed by atoms with Crippen molar-refractivity contribution < 1.29 is 14.5 Å². The Morgan fingerprint density at radius 3 is 2.34 bits per heavy atom. The smallest absolute Gasteiger partial charge is 0.270 e. The van der Waals surface area contributed by atoms with Crippen LogP contribution in [0.15, 0.2) is 36.4 Å². The maximum Gasteiger partial charge on any atom is 0.270 e. The average Bonchev–Trinajstić information content (AvgIpc) is 2.68. The first-order chi connectivity index (χ1) is 13.8. The largest absolute Gasteiger partial charge is 0.365 e. The number of rotatable bonds is 4. The van der Waals surface area contributed by atoms with Crippen molar-refractivity contribution in [1.29, 1.82) is 0 Å². The molecule has 2 amide bonds. The molecule has 2 aromatic carbocycles. The standard InChI is InChI=1S/C19H18Cl2N4O4/c1-12(26)23-7-9-24(10-8-23)18-15(20)3-2-4-17(18)22-19(27)14-6-5-13(25(28)29)11-16(14)21/h2-6,11H,7-10H2,1H3,(H,22,27). The molecule has 0 unspecified atom stereocenters. The highest BCUT2D eigenvalue weighted by atomic mass is 35.5. The summed E-state index contributed by atoms with van der Waals surface area (Å²) in [7, 11) is 0. The predicted octanol–water partition coefficient (Wildman–Crippen LogP) is 3.82. The number of benzene rings is 2. The number of nitro benzene ring substituents is 1. The van der Waals surface area contributed by atoms with E-state index in [9.17, 15) is 19.7 Å². The monoisotopic (exact) mass is 436 g/mol. The Labute approximate surface area is 177 Å². The molecule has 0 spiro atoms. The summed E-state index contributed by atoms with van der Waals surface area (Å²) < 4.78 is 0. The fraction of sp³-hybridized carbons (Fsp3) is 0.263. The van der Waals surface area contributed by atoms with Crippen molar-refractivity contribution in [3.8, 4) is 0 Å². The summed E-state index contributed by atoms with van der Waals surface area (Å²) in [5.74, 6) is -0.485. The lowest BCUT2D eigenvalue weighted by Gasteiger charge is -2.37. The average molecular weight is 437 g/mol. The molecule has 0 aliphatic carbocycles. The normalized spacial score (nSPS) is 13.9. The van der Waals surface area contributed by atoms with E-state index in [1.807, 2.05) is 4.90 Å². The lowest BCUT2D eigenvalue weighted by Crippen LogP contribution is -2.48. The molecule has 0 atom stereocenters. The Hall–Kier alpha value is -2.84. The highest BCUT2D eigenvalue weighted by molar-refractivity contribution is 6.35. The van der Waals surface area contributed by atoms with Crippen LogP contribution in [0.1, 0.15) is 17.3 Å². The van der Waals surface area contributed by atoms with Crippen molar-refractivity contribution >= 4 is 52.1 Å². The Morgan fingerprint density at radius 1 is 1.07 bits per heavy atom. The van der Waals surface area contributed by atoms with Crippen LogP contribution in [0.4, 0.5) is 17.1 Å². The fourth-order valence-electron chi connectivity index (χ4n) is 3.17. The molecule has 1 N–H and O–H groups in total. The maximum atomic E-state index is 12.7. The summed E-state index contributed by atoms with van der Waals surface area (Å²) >= 11 is 12.5. The second-order valence-corrected chi connectivity index (χ2v) is 7.32. The Morgan fingerprint density at radius 2 is 1.76 bits per heavy atom. The van der Waals surface area contributed by atoms with Gasteiger partial charge in [0.05, 0.1) is 31.9 Å². The number of nitro groups is 1. The van der Waals surface area contributed by atoms with E-state index in [0.29, 0.717) is 42.6 Å². The van der Waals surface area contributed by atoms with Gasteiger partial charge >= 0.3 is 0 Å². The number of halogens is 2. The van der Waals surface area contributed by atoms with Gasteiger partial charge in [-0.15, -0.1) is 0 Å². The molecule has 1 aliphatic rings. The van der Waals surface area contributed by atoms with Crippen LogP contribution < -0.4 is 10.2 Å². The number of nitrogens with one attached hydrogen (secondary N) is 1. The van der Waals surface area contributed by atoms with Crippen molar-refractivity contribution in [2.75, 3.05) is 36.4 Å². The maximum absolute atomic E-state index is 12.7. The molecule has 0 radical (unpaired) electrons. The number of anilines is 2. The Bertz CT molecular complexity index is 975. The SMILES string of the molecule is CC(=O)N1CCN(c2c(Cl)cccc2NC(=O)c2ccc([N+](=O)[O-])cc2Cl)CC1. The van der Waals surface area contributed by atoms with Gasteiger partial charge in [0.1, 0.15) is 0 Å². The van der Waals surface area contributed by atoms with Gasteiger partial charge in [0, 0.05) is 45.2 Å². The molecule has 1 fully saturated rings. The van der Waals surface area contributed by atoms with Crippen LogP contribution in [0.2, 0.25) is 10.0 Å². The number of amides is 2. The number of hydrogen-bond donors (Lipinski definition) is 1. The highest BCUT2D eigenvalue weighted by Crippen LogP contribution is 2.35. The van der Waals surface area contributed by atoms with Crippen LogP contribution in [-0.2, 0) is 4.79 Å². The molecule has 2 aromatic rings. The number of para-hydroxylation sites is 1. The zero-order chi connectivity index (χ0) is 21.1. The molecule has 1 saturated heterocycles. The lowest BCUT2D eigenvalue weighted by atomic mass is 10.1. The number of carbonyl (C=O) groups is 2. The summed E-state index contributed by atoms with van der Waals surface area (Å²) in [6.45, 7) is 3.80. The second kappa shape index (κ2) is 8.67. The van der Waals surface area contributed by atoms with E-state index in [4.69, 9.17) is 23.2 Å². The predicted molar refractivity (Wildman–Crippen MR) is 112 cm³/mol. The van der Waals surface area contributed by atoms with Gasteiger partial charge in [-0.2, -0.15) is 0 Å². The fourth-order valence-corrected chi connectivity index (χ4v) is 3.73. The summed E-state index contributed by atoms with van der Waals surface area (Å²) in [5, 5.41) is 14.1. The first-order valence-electron chi connectivity index (χ1n) is 8.82. The minimum Gasteiger partial charge on any atom is -0.365 e. The first-order valence-corrected chi connectivity index (χ1v) is 9.58. The zero-order valence-electron chi connectivity index (χ0n) is 15.5. The topological polar surface area (TPSA) is 95.8 Å². The molecule has 0 saturated carbocycles. The zero-order valence-corrected chi connectivity index (χ0v) is 17.0. The van der Waals surface area contributed by atoms with E-state index in [1.54, 1.807) is 23.1 Å². The molecule has 1 heterocycles. The van der Waals surface area contributed by atoms with Gasteiger partial charge in [0.2, 0.25) is 5.91 Å². The van der Waals surface area contributed by atoms with Crippen molar-refractivity contribution in [2.45, 2.75) is 6.92 Å². The minimum atomic E-state index is -0.580. The van der Waals surface area contributed by atoms with E-state index < -0.39 is 10.8 Å². The van der Waals surface area contributed by atoms with E-state index in [2.05, 4.69) is 5.32 Å². The van der Waals surface area contributed by atoms with Crippen molar-refractivity contribution in [3.63, 3.8) is 0 Å².